The molecular weight excluding hydrogens is 264 g/mol. The molecule has 0 aromatic heterocycles. The second kappa shape index (κ2) is 15.4. The molecule has 0 fully saturated rings. The van der Waals surface area contributed by atoms with E-state index in [2.05, 4.69) is 13.2 Å². The van der Waals surface area contributed by atoms with Crippen LogP contribution in [0.5, 0.6) is 0 Å². The number of hydrogen-bond acceptors (Lipinski definition) is 4. The summed E-state index contributed by atoms with van der Waals surface area (Å²) in [7, 11) is 0. The van der Waals surface area contributed by atoms with Gasteiger partial charge in [0.15, 0.2) is 0 Å². The molecule has 0 unspecified atom stereocenters. The molecule has 0 rings (SSSR count). The van der Waals surface area contributed by atoms with Crippen LogP contribution in [0.2, 0.25) is 0 Å². The molecule has 0 saturated carbocycles. The Hall–Kier alpha value is -1.66. The topological polar surface area (TPSA) is 115 Å². The van der Waals surface area contributed by atoms with E-state index in [0.29, 0.717) is 5.92 Å². The summed E-state index contributed by atoms with van der Waals surface area (Å²) in [5.74, 6) is -1.41. The lowest BCUT2D eigenvalue weighted by atomic mass is 10.1. The monoisotopic (exact) mass is 290 g/mol. The van der Waals surface area contributed by atoms with Crippen molar-refractivity contribution in [2.24, 2.45) is 5.92 Å². The number of aliphatic hydroxyl groups excluding tert-OH is 2. The molecule has 4 N–H and O–H groups in total. The van der Waals surface area contributed by atoms with Crippen LogP contribution >= 0.6 is 0 Å². The van der Waals surface area contributed by atoms with Gasteiger partial charge in [0.1, 0.15) is 0 Å². The van der Waals surface area contributed by atoms with Crippen LogP contribution in [0.4, 0.5) is 0 Å². The number of carboxylic acids is 2. The van der Waals surface area contributed by atoms with Crippen molar-refractivity contribution in [2.75, 3.05) is 13.2 Å². The molecule has 6 heteroatoms. The Balaban J connectivity index is -0.000000221. The maximum atomic E-state index is 9.60. The zero-order valence-corrected chi connectivity index (χ0v) is 12.4. The molecule has 0 spiro atoms. The fourth-order valence-corrected chi connectivity index (χ4v) is 0.585. The molecule has 0 aliphatic heterocycles. The first-order chi connectivity index (χ1) is 9.09. The Bertz CT molecular complexity index is 255. The number of carboxylic acid groups (broad SMARTS) is 2. The van der Waals surface area contributed by atoms with Gasteiger partial charge in [0.2, 0.25) is 0 Å². The SMILES string of the molecule is C=C(C)C(=O)O.C=C(C)C(=O)O.CC(CCO)CCO. The summed E-state index contributed by atoms with van der Waals surface area (Å²) in [4.78, 5) is 19.2. The van der Waals surface area contributed by atoms with E-state index >= 15 is 0 Å². The molecule has 6 nitrogen and oxygen atoms in total. The first-order valence-electron chi connectivity index (χ1n) is 6.09. The van der Waals surface area contributed by atoms with Crippen LogP contribution in [0.15, 0.2) is 24.3 Å². The maximum absolute atomic E-state index is 9.60. The van der Waals surface area contributed by atoms with Gasteiger partial charge in [0.25, 0.3) is 0 Å². The molecule has 0 aromatic carbocycles. The summed E-state index contributed by atoms with van der Waals surface area (Å²) in [5, 5.41) is 32.5. The van der Waals surface area contributed by atoms with Crippen molar-refractivity contribution in [2.45, 2.75) is 33.6 Å². The van der Waals surface area contributed by atoms with Gasteiger partial charge in [-0.05, 0) is 32.6 Å². The summed E-state index contributed by atoms with van der Waals surface area (Å²) >= 11 is 0. The van der Waals surface area contributed by atoms with Crippen molar-refractivity contribution < 1.29 is 30.0 Å². The van der Waals surface area contributed by atoms with Crippen LogP contribution in [-0.2, 0) is 9.59 Å². The number of aliphatic carboxylic acids is 2. The first-order valence-corrected chi connectivity index (χ1v) is 6.09. The van der Waals surface area contributed by atoms with E-state index in [-0.39, 0.29) is 24.4 Å². The Morgan fingerprint density at radius 2 is 1.10 bits per heavy atom. The lowest BCUT2D eigenvalue weighted by molar-refractivity contribution is -0.133. The normalized spacial score (nSPS) is 8.70. The third kappa shape index (κ3) is 25.3. The van der Waals surface area contributed by atoms with E-state index < -0.39 is 11.9 Å². The van der Waals surface area contributed by atoms with E-state index in [1.807, 2.05) is 6.92 Å². The fourth-order valence-electron chi connectivity index (χ4n) is 0.585. The van der Waals surface area contributed by atoms with E-state index in [1.165, 1.54) is 13.8 Å². The second-order valence-corrected chi connectivity index (χ2v) is 4.30. The van der Waals surface area contributed by atoms with E-state index in [9.17, 15) is 9.59 Å². The molecule has 0 amide bonds. The number of hydrogen-bond donors (Lipinski definition) is 4. The third-order valence-electron chi connectivity index (χ3n) is 1.97. The van der Waals surface area contributed by atoms with E-state index in [4.69, 9.17) is 20.4 Å². The predicted octanol–water partition coefficient (Wildman–Crippen LogP) is 1.68. The smallest absolute Gasteiger partial charge is 0.330 e. The van der Waals surface area contributed by atoms with Gasteiger partial charge in [-0.2, -0.15) is 0 Å². The molecular formula is C14H26O6. The summed E-state index contributed by atoms with van der Waals surface area (Å²) in [5.41, 5.74) is 0.352. The average molecular weight is 290 g/mol. The molecule has 0 aliphatic rings. The van der Waals surface area contributed by atoms with Gasteiger partial charge in [0, 0.05) is 24.4 Å². The average Bonchev–Trinajstić information content (AvgIpc) is 2.30. The molecule has 0 radical (unpaired) electrons. The number of carbonyl (C=O) groups is 2. The molecule has 0 saturated heterocycles. The molecule has 0 aromatic rings. The summed E-state index contributed by atoms with van der Waals surface area (Å²) in [6, 6.07) is 0. The molecule has 20 heavy (non-hydrogen) atoms. The summed E-state index contributed by atoms with van der Waals surface area (Å²) in [6.07, 6.45) is 1.61. The van der Waals surface area contributed by atoms with Gasteiger partial charge in [-0.3, -0.25) is 0 Å². The minimum Gasteiger partial charge on any atom is -0.478 e. The largest absolute Gasteiger partial charge is 0.478 e. The molecule has 0 bridgehead atoms. The fraction of sp³-hybridized carbons (Fsp3) is 0.571. The number of rotatable bonds is 6. The zero-order valence-electron chi connectivity index (χ0n) is 12.4. The van der Waals surface area contributed by atoms with Crippen LogP contribution < -0.4 is 0 Å². The Morgan fingerprint density at radius 1 is 0.900 bits per heavy atom. The zero-order chi connectivity index (χ0) is 16.7. The van der Waals surface area contributed by atoms with Gasteiger partial charge in [-0.15, -0.1) is 0 Å². The van der Waals surface area contributed by atoms with Crippen molar-refractivity contribution >= 4 is 11.9 Å². The van der Waals surface area contributed by atoms with Crippen molar-refractivity contribution in [3.8, 4) is 0 Å². The van der Waals surface area contributed by atoms with Crippen LogP contribution in [0.25, 0.3) is 0 Å². The van der Waals surface area contributed by atoms with Crippen LogP contribution in [0.3, 0.4) is 0 Å². The van der Waals surface area contributed by atoms with Crippen molar-refractivity contribution in [1.82, 2.24) is 0 Å². The highest BCUT2D eigenvalue weighted by molar-refractivity contribution is 5.85. The highest BCUT2D eigenvalue weighted by Crippen LogP contribution is 2.03. The second-order valence-electron chi connectivity index (χ2n) is 4.30. The minimum absolute atomic E-state index is 0.176. The van der Waals surface area contributed by atoms with Crippen molar-refractivity contribution in [1.29, 1.82) is 0 Å². The third-order valence-corrected chi connectivity index (χ3v) is 1.97. The Labute approximate surface area is 120 Å². The maximum Gasteiger partial charge on any atom is 0.330 e. The quantitative estimate of drug-likeness (QED) is 0.553. The lowest BCUT2D eigenvalue weighted by Gasteiger charge is -2.04. The molecule has 0 atom stereocenters. The standard InChI is InChI=1S/C6H14O2.2C4H6O2/c1-6(2-4-7)3-5-8;2*1-3(2)4(5)6/h6-8H,2-5H2,1H3;2*1H2,2H3,(H,5,6). The number of aliphatic hydroxyl groups is 2. The Kier molecular flexibility index (Phi) is 18.0. The summed E-state index contributed by atoms with van der Waals surface area (Å²) in [6.45, 7) is 11.7. The van der Waals surface area contributed by atoms with Crippen LogP contribution in [0.1, 0.15) is 33.6 Å². The van der Waals surface area contributed by atoms with E-state index in [0.717, 1.165) is 12.8 Å². The van der Waals surface area contributed by atoms with E-state index in [1.54, 1.807) is 0 Å². The van der Waals surface area contributed by atoms with Crippen LogP contribution in [-0.4, -0.2) is 45.6 Å². The summed E-state index contributed by atoms with van der Waals surface area (Å²) < 4.78 is 0. The van der Waals surface area contributed by atoms with Gasteiger partial charge < -0.3 is 20.4 Å². The van der Waals surface area contributed by atoms with Gasteiger partial charge in [-0.1, -0.05) is 20.1 Å². The Morgan fingerprint density at radius 3 is 1.20 bits per heavy atom. The van der Waals surface area contributed by atoms with Crippen molar-refractivity contribution in [3.05, 3.63) is 24.3 Å². The predicted molar refractivity (Wildman–Crippen MR) is 77.5 cm³/mol. The first kappa shape index (κ1) is 23.4. The van der Waals surface area contributed by atoms with Crippen molar-refractivity contribution in [3.63, 3.8) is 0 Å². The highest BCUT2D eigenvalue weighted by Gasteiger charge is 1.97. The minimum atomic E-state index is -0.935. The van der Waals surface area contributed by atoms with Gasteiger partial charge >= 0.3 is 11.9 Å². The molecule has 118 valence electrons. The molecule has 0 heterocycles. The lowest BCUT2D eigenvalue weighted by Crippen LogP contribution is -1.99. The van der Waals surface area contributed by atoms with Crippen LogP contribution in [0, 0.1) is 5.92 Å². The molecule has 0 aliphatic carbocycles. The van der Waals surface area contributed by atoms with Gasteiger partial charge in [-0.25, -0.2) is 9.59 Å². The highest BCUT2D eigenvalue weighted by atomic mass is 16.4. The van der Waals surface area contributed by atoms with Gasteiger partial charge in [0.05, 0.1) is 0 Å².